The lowest BCUT2D eigenvalue weighted by Crippen LogP contribution is -1.92. The largest absolute Gasteiger partial charge is 0.479 e. The Morgan fingerprint density at radius 1 is 1.19 bits per heavy atom. The van der Waals surface area contributed by atoms with Gasteiger partial charge in [0.2, 0.25) is 5.89 Å². The minimum atomic E-state index is -0.0952. The zero-order chi connectivity index (χ0) is 14.2. The Bertz CT molecular complexity index is 737. The fraction of sp³-hybridized carbons (Fsp3) is 0.294. The van der Waals surface area contributed by atoms with Gasteiger partial charge in [0.05, 0.1) is 5.69 Å². The van der Waals surface area contributed by atoms with Gasteiger partial charge in [0.25, 0.3) is 0 Å². The van der Waals surface area contributed by atoms with Crippen LogP contribution >= 0.6 is 0 Å². The van der Waals surface area contributed by atoms with Crippen molar-refractivity contribution in [1.82, 2.24) is 4.98 Å². The Labute approximate surface area is 122 Å². The number of benzene rings is 1. The molecule has 1 aromatic heterocycles. The molecule has 1 fully saturated rings. The van der Waals surface area contributed by atoms with Crippen LogP contribution in [-0.2, 0) is 0 Å². The molecule has 4 heteroatoms. The molecule has 2 heterocycles. The number of hydrogen-bond donors (Lipinski definition) is 1. The highest BCUT2D eigenvalue weighted by atomic mass is 16.5. The molecular weight excluding hydrogens is 264 g/mol. The minimum Gasteiger partial charge on any atom is -0.479 e. The average Bonchev–Trinajstić information content (AvgIpc) is 3.21. The molecule has 0 amide bonds. The topological polar surface area (TPSA) is 58.6 Å². The zero-order valence-corrected chi connectivity index (χ0v) is 11.6. The van der Waals surface area contributed by atoms with Crippen molar-refractivity contribution in [3.8, 4) is 5.95 Å². The van der Waals surface area contributed by atoms with Gasteiger partial charge < -0.3 is 9.52 Å². The van der Waals surface area contributed by atoms with Crippen molar-refractivity contribution in [2.45, 2.75) is 31.6 Å². The van der Waals surface area contributed by atoms with Gasteiger partial charge in [-0.3, -0.25) is 4.99 Å². The number of para-hydroxylation sites is 1. The van der Waals surface area contributed by atoms with E-state index in [4.69, 9.17) is 4.42 Å². The van der Waals surface area contributed by atoms with Crippen molar-refractivity contribution >= 4 is 23.6 Å². The predicted molar refractivity (Wildman–Crippen MR) is 81.8 cm³/mol. The molecular formula is C17H16N2O2. The second-order valence-corrected chi connectivity index (χ2v) is 5.60. The van der Waals surface area contributed by atoms with E-state index in [2.05, 4.69) is 9.98 Å². The molecule has 0 atom stereocenters. The first kappa shape index (κ1) is 12.4. The van der Waals surface area contributed by atoms with Gasteiger partial charge in [0.1, 0.15) is 5.69 Å². The van der Waals surface area contributed by atoms with Gasteiger partial charge in [-0.05, 0) is 25.0 Å². The van der Waals surface area contributed by atoms with E-state index >= 15 is 0 Å². The monoisotopic (exact) mass is 280 g/mol. The normalized spacial score (nSPS) is 19.5. The van der Waals surface area contributed by atoms with Crippen LogP contribution in [0.3, 0.4) is 0 Å². The first-order valence-electron chi connectivity index (χ1n) is 7.36. The summed E-state index contributed by atoms with van der Waals surface area (Å²) in [5.41, 5.74) is 3.45. The third kappa shape index (κ3) is 2.17. The van der Waals surface area contributed by atoms with Gasteiger partial charge in [-0.1, -0.05) is 31.0 Å². The first-order chi connectivity index (χ1) is 10.3. The summed E-state index contributed by atoms with van der Waals surface area (Å²) < 4.78 is 5.45. The Hall–Kier alpha value is -2.36. The van der Waals surface area contributed by atoms with Crippen LogP contribution in [-0.4, -0.2) is 16.3 Å². The van der Waals surface area contributed by atoms with E-state index in [0.717, 1.165) is 29.7 Å². The standard InChI is InChI=1S/C17H16N2O2/c20-17-15(19-16(21-17)11-5-1-2-6-11)9-12-10-18-14-8-4-3-7-13(12)14/h3-4,7-11,20H,1-2,5-6H2/b12-9+. The lowest BCUT2D eigenvalue weighted by Gasteiger charge is -2.00. The molecule has 0 saturated heterocycles. The molecule has 1 aliphatic carbocycles. The smallest absolute Gasteiger partial charge is 0.310 e. The first-order valence-corrected chi connectivity index (χ1v) is 7.36. The maximum absolute atomic E-state index is 9.98. The molecule has 106 valence electrons. The van der Waals surface area contributed by atoms with Gasteiger partial charge in [-0.15, -0.1) is 0 Å². The van der Waals surface area contributed by atoms with Gasteiger partial charge >= 0.3 is 5.95 Å². The predicted octanol–water partition coefficient (Wildman–Crippen LogP) is 4.29. The van der Waals surface area contributed by atoms with Gasteiger partial charge in [0.15, 0.2) is 0 Å². The molecule has 1 saturated carbocycles. The van der Waals surface area contributed by atoms with Gasteiger partial charge in [-0.25, -0.2) is 4.98 Å². The minimum absolute atomic E-state index is 0.0952. The summed E-state index contributed by atoms with van der Waals surface area (Å²) in [6.45, 7) is 0. The SMILES string of the molecule is Oc1oc(C2CCCC2)nc1/C=C1\C=Nc2ccccc21. The summed E-state index contributed by atoms with van der Waals surface area (Å²) in [6, 6.07) is 7.93. The number of allylic oxidation sites excluding steroid dienone is 1. The average molecular weight is 280 g/mol. The summed E-state index contributed by atoms with van der Waals surface area (Å²) in [5.74, 6) is 0.926. The van der Waals surface area contributed by atoms with E-state index in [1.54, 1.807) is 6.21 Å². The van der Waals surface area contributed by atoms with Crippen molar-refractivity contribution < 1.29 is 9.52 Å². The number of aromatic hydroxyl groups is 1. The summed E-state index contributed by atoms with van der Waals surface area (Å²) in [5, 5.41) is 9.98. The third-order valence-corrected chi connectivity index (χ3v) is 4.21. The van der Waals surface area contributed by atoms with Crippen LogP contribution in [0.1, 0.15) is 48.7 Å². The maximum atomic E-state index is 9.98. The summed E-state index contributed by atoms with van der Waals surface area (Å²) in [7, 11) is 0. The third-order valence-electron chi connectivity index (χ3n) is 4.21. The zero-order valence-electron chi connectivity index (χ0n) is 11.6. The highest BCUT2D eigenvalue weighted by Gasteiger charge is 2.24. The molecule has 1 aromatic carbocycles. The summed E-state index contributed by atoms with van der Waals surface area (Å²) in [6.07, 6.45) is 8.26. The van der Waals surface area contributed by atoms with Crippen LogP contribution in [0.4, 0.5) is 5.69 Å². The summed E-state index contributed by atoms with van der Waals surface area (Å²) >= 11 is 0. The summed E-state index contributed by atoms with van der Waals surface area (Å²) in [4.78, 5) is 8.83. The van der Waals surface area contributed by atoms with E-state index in [9.17, 15) is 5.11 Å². The van der Waals surface area contributed by atoms with Crippen LogP contribution < -0.4 is 0 Å². The van der Waals surface area contributed by atoms with E-state index in [1.165, 1.54) is 12.8 Å². The maximum Gasteiger partial charge on any atom is 0.310 e. The second kappa shape index (κ2) is 4.88. The Morgan fingerprint density at radius 2 is 2.00 bits per heavy atom. The number of rotatable bonds is 2. The van der Waals surface area contributed by atoms with E-state index < -0.39 is 0 Å². The van der Waals surface area contributed by atoms with E-state index in [0.29, 0.717) is 17.5 Å². The van der Waals surface area contributed by atoms with Crippen molar-refractivity contribution in [3.63, 3.8) is 0 Å². The number of aliphatic imine (C=N–C) groups is 1. The van der Waals surface area contributed by atoms with Crippen molar-refractivity contribution in [2.75, 3.05) is 0 Å². The molecule has 0 spiro atoms. The lowest BCUT2D eigenvalue weighted by atomic mass is 10.1. The van der Waals surface area contributed by atoms with Crippen LogP contribution in [0.15, 0.2) is 33.7 Å². The molecule has 1 N–H and O–H groups in total. The lowest BCUT2D eigenvalue weighted by molar-refractivity contribution is 0.306. The number of aromatic nitrogens is 1. The molecule has 4 nitrogen and oxygen atoms in total. The molecule has 1 aliphatic heterocycles. The van der Waals surface area contributed by atoms with Crippen LogP contribution in [0, 0.1) is 0 Å². The second-order valence-electron chi connectivity index (χ2n) is 5.60. The van der Waals surface area contributed by atoms with Crippen molar-refractivity contribution in [1.29, 1.82) is 0 Å². The quantitative estimate of drug-likeness (QED) is 0.892. The Balaban J connectivity index is 1.69. The van der Waals surface area contributed by atoms with Crippen molar-refractivity contribution in [3.05, 3.63) is 41.4 Å². The molecule has 0 unspecified atom stereocenters. The highest BCUT2D eigenvalue weighted by molar-refractivity contribution is 6.21. The van der Waals surface area contributed by atoms with Crippen LogP contribution in [0.25, 0.3) is 11.6 Å². The molecule has 0 radical (unpaired) electrons. The molecule has 2 aromatic rings. The Kier molecular flexibility index (Phi) is 2.88. The molecule has 4 rings (SSSR count). The van der Waals surface area contributed by atoms with Crippen molar-refractivity contribution in [2.24, 2.45) is 4.99 Å². The number of nitrogens with zero attached hydrogens (tertiary/aromatic N) is 2. The number of fused-ring (bicyclic) bond motifs is 1. The molecule has 21 heavy (non-hydrogen) atoms. The van der Waals surface area contributed by atoms with E-state index in [-0.39, 0.29) is 5.95 Å². The molecule has 2 aliphatic rings. The molecule has 0 bridgehead atoms. The Morgan fingerprint density at radius 3 is 2.86 bits per heavy atom. The fourth-order valence-electron chi connectivity index (χ4n) is 3.08. The van der Waals surface area contributed by atoms with Gasteiger partial charge in [0, 0.05) is 23.3 Å². The van der Waals surface area contributed by atoms with Crippen LogP contribution in [0.5, 0.6) is 5.95 Å². The van der Waals surface area contributed by atoms with Crippen LogP contribution in [0.2, 0.25) is 0 Å². The number of hydrogen-bond acceptors (Lipinski definition) is 4. The van der Waals surface area contributed by atoms with Gasteiger partial charge in [-0.2, -0.15) is 0 Å². The number of oxazole rings is 1. The van der Waals surface area contributed by atoms with E-state index in [1.807, 2.05) is 30.3 Å². The fourth-order valence-corrected chi connectivity index (χ4v) is 3.08. The highest BCUT2D eigenvalue weighted by Crippen LogP contribution is 2.37.